The highest BCUT2D eigenvalue weighted by Crippen LogP contribution is 2.37. The van der Waals surface area contributed by atoms with E-state index in [0.717, 1.165) is 32.4 Å². The zero-order valence-corrected chi connectivity index (χ0v) is 9.66. The number of hydrogen-bond acceptors (Lipinski definition) is 3. The van der Waals surface area contributed by atoms with Gasteiger partial charge in [0, 0.05) is 13.1 Å². The number of carbonyl (C=O) groups is 1. The number of hydrogen-bond donors (Lipinski definition) is 1. The van der Waals surface area contributed by atoms with E-state index in [1.54, 1.807) is 4.90 Å². The molecular weight excluding hydrogens is 194 g/mol. The maximum absolute atomic E-state index is 11.5. The number of ether oxygens (including phenoxy) is 1. The van der Waals surface area contributed by atoms with E-state index in [1.807, 2.05) is 0 Å². The summed E-state index contributed by atoms with van der Waals surface area (Å²) in [5, 5.41) is 8.56. The molecule has 1 aliphatic heterocycles. The van der Waals surface area contributed by atoms with Gasteiger partial charge in [0.2, 0.25) is 0 Å². The first-order valence-corrected chi connectivity index (χ1v) is 5.70. The van der Waals surface area contributed by atoms with Gasteiger partial charge in [-0.05, 0) is 24.7 Å². The number of rotatable bonds is 4. The number of amides is 1. The molecule has 4 heteroatoms. The van der Waals surface area contributed by atoms with Gasteiger partial charge in [-0.1, -0.05) is 13.8 Å². The molecule has 4 nitrogen and oxygen atoms in total. The molecule has 0 radical (unpaired) electrons. The fourth-order valence-corrected chi connectivity index (χ4v) is 2.14. The van der Waals surface area contributed by atoms with Crippen LogP contribution < -0.4 is 0 Å². The van der Waals surface area contributed by atoms with Crippen LogP contribution in [0.1, 0.15) is 33.1 Å². The number of carbonyl (C=O) groups excluding carboxylic acids is 1. The molecule has 0 aromatic carbocycles. The van der Waals surface area contributed by atoms with Gasteiger partial charge in [-0.15, -0.1) is 0 Å². The predicted molar refractivity (Wildman–Crippen MR) is 57.6 cm³/mol. The number of aliphatic hydroxyl groups excluding tert-OH is 1. The summed E-state index contributed by atoms with van der Waals surface area (Å²) in [6, 6.07) is 0. The van der Waals surface area contributed by atoms with E-state index in [0.29, 0.717) is 0 Å². The van der Waals surface area contributed by atoms with Crippen molar-refractivity contribution in [3.05, 3.63) is 0 Å². The Balaban J connectivity index is 2.44. The zero-order chi connectivity index (χ0) is 11.3. The van der Waals surface area contributed by atoms with Crippen molar-refractivity contribution in [3.63, 3.8) is 0 Å². The summed E-state index contributed by atoms with van der Waals surface area (Å²) in [5.74, 6) is 0. The lowest BCUT2D eigenvalue weighted by atomic mass is 9.82. The molecule has 0 saturated carbocycles. The Morgan fingerprint density at radius 3 is 2.60 bits per heavy atom. The van der Waals surface area contributed by atoms with Crippen LogP contribution in [0.5, 0.6) is 0 Å². The van der Waals surface area contributed by atoms with Crippen LogP contribution in [0.2, 0.25) is 0 Å². The Hall–Kier alpha value is -0.770. The molecule has 0 spiro atoms. The molecule has 1 fully saturated rings. The Kier molecular flexibility index (Phi) is 4.39. The molecule has 15 heavy (non-hydrogen) atoms. The summed E-state index contributed by atoms with van der Waals surface area (Å²) >= 11 is 0. The van der Waals surface area contributed by atoms with E-state index < -0.39 is 0 Å². The van der Waals surface area contributed by atoms with Gasteiger partial charge in [0.15, 0.2) is 0 Å². The van der Waals surface area contributed by atoms with E-state index in [4.69, 9.17) is 9.84 Å². The van der Waals surface area contributed by atoms with Crippen LogP contribution in [-0.2, 0) is 4.74 Å². The molecule has 1 rings (SSSR count). The molecule has 1 N–H and O–H groups in total. The van der Waals surface area contributed by atoms with Crippen molar-refractivity contribution in [2.24, 2.45) is 5.41 Å². The highest BCUT2D eigenvalue weighted by Gasteiger charge is 2.37. The Morgan fingerprint density at radius 2 is 2.13 bits per heavy atom. The lowest BCUT2D eigenvalue weighted by molar-refractivity contribution is 0.0865. The Labute approximate surface area is 91.2 Å². The summed E-state index contributed by atoms with van der Waals surface area (Å²) < 4.78 is 4.89. The van der Waals surface area contributed by atoms with Gasteiger partial charge in [0.25, 0.3) is 0 Å². The smallest absolute Gasteiger partial charge is 0.409 e. The first-order chi connectivity index (χ1) is 7.17. The fourth-order valence-electron chi connectivity index (χ4n) is 2.14. The van der Waals surface area contributed by atoms with Gasteiger partial charge in [0.05, 0.1) is 6.61 Å². The first-order valence-electron chi connectivity index (χ1n) is 5.70. The minimum absolute atomic E-state index is 0.0978. The van der Waals surface area contributed by atoms with Crippen LogP contribution >= 0.6 is 0 Å². The number of aliphatic hydroxyl groups is 1. The molecule has 1 amide bonds. The summed E-state index contributed by atoms with van der Waals surface area (Å²) in [6.45, 7) is 5.92. The molecule has 88 valence electrons. The van der Waals surface area contributed by atoms with Crippen molar-refractivity contribution >= 4 is 6.09 Å². The molecule has 1 aliphatic rings. The minimum Gasteiger partial charge on any atom is -0.447 e. The van der Waals surface area contributed by atoms with Crippen molar-refractivity contribution < 1.29 is 14.6 Å². The van der Waals surface area contributed by atoms with Crippen LogP contribution in [0, 0.1) is 5.41 Å². The van der Waals surface area contributed by atoms with Crippen molar-refractivity contribution in [3.8, 4) is 0 Å². The fraction of sp³-hybridized carbons (Fsp3) is 0.909. The standard InChI is InChI=1S/C11H21NO3/c1-3-11(4-2)5-6-12(9-11)10(14)15-8-7-13/h13H,3-9H2,1-2H3. The average Bonchev–Trinajstić information content (AvgIpc) is 2.71. The summed E-state index contributed by atoms with van der Waals surface area (Å²) in [6.07, 6.45) is 2.99. The van der Waals surface area contributed by atoms with Crippen molar-refractivity contribution in [2.75, 3.05) is 26.3 Å². The van der Waals surface area contributed by atoms with Crippen LogP contribution in [-0.4, -0.2) is 42.4 Å². The Bertz CT molecular complexity index is 214. The van der Waals surface area contributed by atoms with E-state index in [2.05, 4.69) is 13.8 Å². The van der Waals surface area contributed by atoms with Crippen molar-refractivity contribution in [1.29, 1.82) is 0 Å². The summed E-state index contributed by atoms with van der Waals surface area (Å²) in [5.41, 5.74) is 0.290. The van der Waals surface area contributed by atoms with Crippen molar-refractivity contribution in [1.82, 2.24) is 4.90 Å². The van der Waals surface area contributed by atoms with Crippen molar-refractivity contribution in [2.45, 2.75) is 33.1 Å². The third kappa shape index (κ3) is 2.84. The largest absolute Gasteiger partial charge is 0.447 e. The quantitative estimate of drug-likeness (QED) is 0.775. The van der Waals surface area contributed by atoms with Crippen LogP contribution in [0.4, 0.5) is 4.79 Å². The van der Waals surface area contributed by atoms with Crippen LogP contribution in [0.15, 0.2) is 0 Å². The number of likely N-dealkylation sites (tertiary alicyclic amines) is 1. The normalized spacial score (nSPS) is 19.3. The first kappa shape index (κ1) is 12.3. The Morgan fingerprint density at radius 1 is 1.47 bits per heavy atom. The van der Waals surface area contributed by atoms with Gasteiger partial charge in [-0.2, -0.15) is 0 Å². The second-order valence-corrected chi connectivity index (χ2v) is 4.22. The lowest BCUT2D eigenvalue weighted by Gasteiger charge is -2.25. The maximum atomic E-state index is 11.5. The van der Waals surface area contributed by atoms with E-state index in [9.17, 15) is 4.79 Å². The van der Waals surface area contributed by atoms with Gasteiger partial charge < -0.3 is 14.7 Å². The highest BCUT2D eigenvalue weighted by atomic mass is 16.6. The number of nitrogens with zero attached hydrogens (tertiary/aromatic N) is 1. The minimum atomic E-state index is -0.284. The molecule has 1 heterocycles. The third-order valence-corrected chi connectivity index (χ3v) is 3.51. The topological polar surface area (TPSA) is 49.8 Å². The molecule has 0 bridgehead atoms. The zero-order valence-electron chi connectivity index (χ0n) is 9.66. The molecule has 1 saturated heterocycles. The second kappa shape index (κ2) is 5.35. The van der Waals surface area contributed by atoms with E-state index in [-0.39, 0.29) is 24.7 Å². The lowest BCUT2D eigenvalue weighted by Crippen LogP contribution is -2.32. The molecule has 0 atom stereocenters. The monoisotopic (exact) mass is 215 g/mol. The molecule has 0 unspecified atom stereocenters. The van der Waals surface area contributed by atoms with Gasteiger partial charge in [-0.25, -0.2) is 4.79 Å². The van der Waals surface area contributed by atoms with Gasteiger partial charge >= 0.3 is 6.09 Å². The van der Waals surface area contributed by atoms with Gasteiger partial charge in [-0.3, -0.25) is 0 Å². The average molecular weight is 215 g/mol. The predicted octanol–water partition coefficient (Wildman–Crippen LogP) is 1.63. The van der Waals surface area contributed by atoms with Crippen LogP contribution in [0.3, 0.4) is 0 Å². The summed E-state index contributed by atoms with van der Waals surface area (Å²) in [7, 11) is 0. The molecular formula is C11H21NO3. The van der Waals surface area contributed by atoms with E-state index in [1.165, 1.54) is 0 Å². The second-order valence-electron chi connectivity index (χ2n) is 4.22. The SMILES string of the molecule is CCC1(CC)CCN(C(=O)OCCO)C1. The van der Waals surface area contributed by atoms with Gasteiger partial charge in [0.1, 0.15) is 6.61 Å². The molecule has 0 aliphatic carbocycles. The maximum Gasteiger partial charge on any atom is 0.409 e. The van der Waals surface area contributed by atoms with Crippen LogP contribution in [0.25, 0.3) is 0 Å². The molecule has 0 aromatic heterocycles. The van der Waals surface area contributed by atoms with E-state index >= 15 is 0 Å². The third-order valence-electron chi connectivity index (χ3n) is 3.51. The molecule has 0 aromatic rings. The summed E-state index contributed by atoms with van der Waals surface area (Å²) in [4.78, 5) is 13.3. The highest BCUT2D eigenvalue weighted by molar-refractivity contribution is 5.68.